The number of fused-ring (bicyclic) bond motifs is 1. The van der Waals surface area contributed by atoms with Crippen molar-refractivity contribution in [2.75, 3.05) is 20.2 Å². The van der Waals surface area contributed by atoms with Crippen LogP contribution in [0.4, 0.5) is 0 Å². The lowest BCUT2D eigenvalue weighted by Gasteiger charge is -2.18. The van der Waals surface area contributed by atoms with Crippen LogP contribution in [0.3, 0.4) is 0 Å². The van der Waals surface area contributed by atoms with Gasteiger partial charge in [0.15, 0.2) is 0 Å². The van der Waals surface area contributed by atoms with E-state index < -0.39 is 5.97 Å². The maximum Gasteiger partial charge on any atom is 0.325 e. The van der Waals surface area contributed by atoms with Crippen molar-refractivity contribution in [3.05, 3.63) is 36.1 Å². The van der Waals surface area contributed by atoms with Gasteiger partial charge in [0.1, 0.15) is 18.4 Å². The van der Waals surface area contributed by atoms with Crippen LogP contribution in [0.2, 0.25) is 0 Å². The second kappa shape index (κ2) is 5.56. The highest BCUT2D eigenvalue weighted by Crippen LogP contribution is 2.22. The van der Waals surface area contributed by atoms with Crippen molar-refractivity contribution in [2.45, 2.75) is 6.92 Å². The molecule has 2 aromatic rings. The van der Waals surface area contributed by atoms with Crippen LogP contribution in [-0.4, -0.2) is 37.0 Å². The van der Waals surface area contributed by atoms with E-state index in [4.69, 9.17) is 4.42 Å². The third-order valence-electron chi connectivity index (χ3n) is 2.93. The van der Waals surface area contributed by atoms with Gasteiger partial charge in [-0.05, 0) is 13.0 Å². The molecule has 0 radical (unpaired) electrons. The average molecular weight is 261 g/mol. The van der Waals surface area contributed by atoms with Gasteiger partial charge < -0.3 is 14.1 Å². The van der Waals surface area contributed by atoms with Gasteiger partial charge in [0.25, 0.3) is 5.91 Å². The Labute approximate surface area is 110 Å². The van der Waals surface area contributed by atoms with Crippen LogP contribution in [0, 0.1) is 0 Å². The van der Waals surface area contributed by atoms with Crippen molar-refractivity contribution in [1.29, 1.82) is 0 Å². The van der Waals surface area contributed by atoms with E-state index in [1.165, 1.54) is 18.3 Å². The fraction of sp³-hybridized carbons (Fsp3) is 0.286. The molecule has 0 fully saturated rings. The smallest absolute Gasteiger partial charge is 0.325 e. The van der Waals surface area contributed by atoms with Crippen molar-refractivity contribution in [3.63, 3.8) is 0 Å². The van der Waals surface area contributed by atoms with E-state index in [2.05, 4.69) is 4.74 Å². The Bertz CT molecular complexity index is 602. The number of hydrogen-bond donors (Lipinski definition) is 0. The van der Waals surface area contributed by atoms with E-state index >= 15 is 0 Å². The van der Waals surface area contributed by atoms with Crippen LogP contribution >= 0.6 is 0 Å². The second-order valence-electron chi connectivity index (χ2n) is 4.04. The number of esters is 1. The number of carbonyl (C=O) groups excluding carboxylic acids is 2. The van der Waals surface area contributed by atoms with Gasteiger partial charge in [-0.15, -0.1) is 0 Å². The summed E-state index contributed by atoms with van der Waals surface area (Å²) in [7, 11) is 1.30. The molecule has 0 aliphatic heterocycles. The van der Waals surface area contributed by atoms with Crippen molar-refractivity contribution in [2.24, 2.45) is 0 Å². The van der Waals surface area contributed by atoms with Crippen LogP contribution in [0.15, 0.2) is 34.9 Å². The third-order valence-corrected chi connectivity index (χ3v) is 2.93. The van der Waals surface area contributed by atoms with Gasteiger partial charge in [-0.25, -0.2) is 0 Å². The number of furan rings is 1. The summed E-state index contributed by atoms with van der Waals surface area (Å²) in [5, 5.41) is 0.746. The molecule has 0 aliphatic rings. The first-order chi connectivity index (χ1) is 9.17. The fourth-order valence-electron chi connectivity index (χ4n) is 1.86. The lowest BCUT2D eigenvalue weighted by atomic mass is 10.1. The zero-order chi connectivity index (χ0) is 13.8. The molecule has 0 aliphatic carbocycles. The largest absolute Gasteiger partial charge is 0.468 e. The van der Waals surface area contributed by atoms with Crippen molar-refractivity contribution >= 4 is 22.8 Å². The molecular formula is C14H15NO4. The van der Waals surface area contributed by atoms with Gasteiger partial charge >= 0.3 is 5.97 Å². The Kier molecular flexibility index (Phi) is 3.85. The normalized spacial score (nSPS) is 10.4. The second-order valence-corrected chi connectivity index (χ2v) is 4.04. The van der Waals surface area contributed by atoms with E-state index in [1.54, 1.807) is 6.07 Å². The first-order valence-corrected chi connectivity index (χ1v) is 5.99. The van der Waals surface area contributed by atoms with Crippen LogP contribution in [0.5, 0.6) is 0 Å². The number of rotatable bonds is 4. The summed E-state index contributed by atoms with van der Waals surface area (Å²) in [6.45, 7) is 2.17. The highest BCUT2D eigenvalue weighted by molar-refractivity contribution is 6.06. The summed E-state index contributed by atoms with van der Waals surface area (Å²) in [5.74, 6) is -0.680. The molecule has 0 bridgehead atoms. The molecule has 0 atom stereocenters. The molecule has 0 N–H and O–H groups in total. The summed E-state index contributed by atoms with van der Waals surface area (Å²) in [5.41, 5.74) is 1.11. The Morgan fingerprint density at radius 2 is 2.05 bits per heavy atom. The number of benzene rings is 1. The molecule has 0 saturated heterocycles. The Morgan fingerprint density at radius 1 is 1.32 bits per heavy atom. The van der Waals surface area contributed by atoms with Crippen LogP contribution in [-0.2, 0) is 9.53 Å². The summed E-state index contributed by atoms with van der Waals surface area (Å²) in [6, 6.07) is 7.29. The van der Waals surface area contributed by atoms with Gasteiger partial charge in [-0.1, -0.05) is 18.2 Å². The molecule has 1 heterocycles. The fourth-order valence-corrected chi connectivity index (χ4v) is 1.86. The topological polar surface area (TPSA) is 59.8 Å². The van der Waals surface area contributed by atoms with E-state index in [9.17, 15) is 9.59 Å². The molecule has 1 amide bonds. The van der Waals surface area contributed by atoms with Gasteiger partial charge in [-0.3, -0.25) is 9.59 Å². The van der Waals surface area contributed by atoms with Crippen LogP contribution in [0.1, 0.15) is 17.3 Å². The van der Waals surface area contributed by atoms with Gasteiger partial charge in [0, 0.05) is 11.9 Å². The number of likely N-dealkylation sites (N-methyl/N-ethyl adjacent to an activating group) is 1. The Morgan fingerprint density at radius 3 is 2.74 bits per heavy atom. The maximum atomic E-state index is 12.4. The summed E-state index contributed by atoms with van der Waals surface area (Å²) < 4.78 is 9.91. The molecule has 19 heavy (non-hydrogen) atoms. The van der Waals surface area contributed by atoms with Crippen LogP contribution < -0.4 is 0 Å². The molecular weight excluding hydrogens is 246 g/mol. The van der Waals surface area contributed by atoms with Gasteiger partial charge in [-0.2, -0.15) is 0 Å². The summed E-state index contributed by atoms with van der Waals surface area (Å²) >= 11 is 0. The molecule has 100 valence electrons. The lowest BCUT2D eigenvalue weighted by molar-refractivity contribution is -0.141. The number of amides is 1. The number of para-hydroxylation sites is 1. The van der Waals surface area contributed by atoms with E-state index in [-0.39, 0.29) is 12.5 Å². The van der Waals surface area contributed by atoms with Crippen LogP contribution in [0.25, 0.3) is 11.0 Å². The van der Waals surface area contributed by atoms with Crippen molar-refractivity contribution in [3.8, 4) is 0 Å². The first-order valence-electron chi connectivity index (χ1n) is 5.99. The van der Waals surface area contributed by atoms with E-state index in [0.29, 0.717) is 17.7 Å². The van der Waals surface area contributed by atoms with Crippen molar-refractivity contribution < 1.29 is 18.7 Å². The molecule has 0 unspecified atom stereocenters. The highest BCUT2D eigenvalue weighted by Gasteiger charge is 2.21. The number of methoxy groups -OCH3 is 1. The summed E-state index contributed by atoms with van der Waals surface area (Å²) in [6.07, 6.45) is 1.42. The predicted molar refractivity (Wildman–Crippen MR) is 69.8 cm³/mol. The molecule has 5 heteroatoms. The quantitative estimate of drug-likeness (QED) is 0.790. The van der Waals surface area contributed by atoms with Crippen molar-refractivity contribution in [1.82, 2.24) is 4.90 Å². The number of carbonyl (C=O) groups is 2. The van der Waals surface area contributed by atoms with E-state index in [1.807, 2.05) is 25.1 Å². The Balaban J connectivity index is 2.29. The number of ether oxygens (including phenoxy) is 1. The van der Waals surface area contributed by atoms with Gasteiger partial charge in [0.2, 0.25) is 0 Å². The SMILES string of the molecule is CCN(CC(=O)OC)C(=O)c1coc2ccccc12. The van der Waals surface area contributed by atoms with Gasteiger partial charge in [0.05, 0.1) is 12.7 Å². The monoisotopic (exact) mass is 261 g/mol. The molecule has 0 spiro atoms. The minimum absolute atomic E-state index is 0.0641. The zero-order valence-electron chi connectivity index (χ0n) is 10.9. The molecule has 1 aromatic heterocycles. The number of nitrogens with zero attached hydrogens (tertiary/aromatic N) is 1. The highest BCUT2D eigenvalue weighted by atomic mass is 16.5. The molecule has 0 saturated carbocycles. The summed E-state index contributed by atoms with van der Waals surface area (Å²) in [4.78, 5) is 25.1. The zero-order valence-corrected chi connectivity index (χ0v) is 10.9. The lowest BCUT2D eigenvalue weighted by Crippen LogP contribution is -2.35. The van der Waals surface area contributed by atoms with E-state index in [0.717, 1.165) is 5.39 Å². The average Bonchev–Trinajstić information content (AvgIpc) is 2.87. The molecule has 1 aromatic carbocycles. The number of hydrogen-bond acceptors (Lipinski definition) is 4. The standard InChI is InChI=1S/C14H15NO4/c1-3-15(8-13(16)18-2)14(17)11-9-19-12-7-5-4-6-10(11)12/h4-7,9H,3,8H2,1-2H3. The predicted octanol–water partition coefficient (Wildman–Crippen LogP) is 2.07. The molecule has 5 nitrogen and oxygen atoms in total. The maximum absolute atomic E-state index is 12.4. The Hall–Kier alpha value is -2.30. The first kappa shape index (κ1) is 13.1. The minimum Gasteiger partial charge on any atom is -0.468 e. The molecule has 2 rings (SSSR count). The minimum atomic E-state index is -0.442. The third kappa shape index (κ3) is 2.59.